The van der Waals surface area contributed by atoms with Crippen molar-refractivity contribution in [1.82, 2.24) is 20.4 Å². The third-order valence-corrected chi connectivity index (χ3v) is 6.46. The van der Waals surface area contributed by atoms with Crippen LogP contribution in [0.25, 0.3) is 0 Å². The van der Waals surface area contributed by atoms with E-state index in [0.717, 1.165) is 51.6 Å². The molecule has 180 valence electrons. The molecule has 7 nitrogen and oxygen atoms in total. The number of hydrogen-bond acceptors (Lipinski definition) is 4. The lowest BCUT2D eigenvalue weighted by atomic mass is 10.0. The molecule has 0 aromatic heterocycles. The average molecular weight is 557 g/mol. The van der Waals surface area contributed by atoms with E-state index in [1.807, 2.05) is 11.0 Å². The number of rotatable bonds is 8. The van der Waals surface area contributed by atoms with Gasteiger partial charge in [-0.1, -0.05) is 24.6 Å². The molecular weight excluding hydrogens is 515 g/mol. The number of piperidine rings is 1. The fourth-order valence-electron chi connectivity index (χ4n) is 4.50. The van der Waals surface area contributed by atoms with E-state index in [2.05, 4.69) is 56.6 Å². The van der Waals surface area contributed by atoms with E-state index in [0.29, 0.717) is 19.0 Å². The van der Waals surface area contributed by atoms with Gasteiger partial charge in [0.05, 0.1) is 0 Å². The number of piperazine rings is 1. The number of guanidine groups is 1. The number of nitrogens with zero attached hydrogens (tertiary/aromatic N) is 4. The number of carbonyl (C=O) groups excluding carboxylic acids is 1. The standard InChI is InChI=1S/C24H40N6O.HI/c1-21-9-6-7-15-28(21)16-8-13-26-24(25-2)27-14-12-23(31)30-19-17-29(18-20-30)22-10-4-3-5-11-22;/h3-5,10-11,21H,6-9,12-20H2,1-2H3,(H2,25,26,27);1H. The lowest BCUT2D eigenvalue weighted by molar-refractivity contribution is -0.131. The summed E-state index contributed by atoms with van der Waals surface area (Å²) < 4.78 is 0. The number of amides is 1. The van der Waals surface area contributed by atoms with Crippen LogP contribution in [0.15, 0.2) is 35.3 Å². The number of aliphatic imine (C=N–C) groups is 1. The highest BCUT2D eigenvalue weighted by Gasteiger charge is 2.21. The molecule has 1 amide bonds. The largest absolute Gasteiger partial charge is 0.368 e. The molecule has 2 fully saturated rings. The van der Waals surface area contributed by atoms with E-state index in [9.17, 15) is 4.79 Å². The van der Waals surface area contributed by atoms with Crippen LogP contribution in [0.4, 0.5) is 5.69 Å². The molecule has 0 aliphatic carbocycles. The summed E-state index contributed by atoms with van der Waals surface area (Å²) in [4.78, 5) is 23.8. The van der Waals surface area contributed by atoms with Gasteiger partial charge in [0, 0.05) is 71.0 Å². The first kappa shape index (κ1) is 26.7. The number of carbonyl (C=O) groups is 1. The van der Waals surface area contributed by atoms with E-state index in [1.54, 1.807) is 7.05 Å². The zero-order valence-electron chi connectivity index (χ0n) is 19.8. The van der Waals surface area contributed by atoms with Crippen molar-refractivity contribution in [3.8, 4) is 0 Å². The average Bonchev–Trinajstić information content (AvgIpc) is 2.82. The van der Waals surface area contributed by atoms with Crippen LogP contribution in [0.2, 0.25) is 0 Å². The zero-order chi connectivity index (χ0) is 21.9. The summed E-state index contributed by atoms with van der Waals surface area (Å²) in [5.74, 6) is 1.00. The minimum absolute atomic E-state index is 0. The van der Waals surface area contributed by atoms with Crippen molar-refractivity contribution >= 4 is 41.5 Å². The Kier molecular flexibility index (Phi) is 12.2. The van der Waals surface area contributed by atoms with Gasteiger partial charge in [0.2, 0.25) is 5.91 Å². The van der Waals surface area contributed by atoms with Crippen molar-refractivity contribution in [1.29, 1.82) is 0 Å². The molecule has 1 aromatic rings. The normalized spacial score (nSPS) is 19.9. The van der Waals surface area contributed by atoms with Gasteiger partial charge in [-0.3, -0.25) is 9.79 Å². The van der Waals surface area contributed by atoms with E-state index in [4.69, 9.17) is 0 Å². The van der Waals surface area contributed by atoms with Crippen LogP contribution >= 0.6 is 24.0 Å². The quantitative estimate of drug-likeness (QED) is 0.223. The van der Waals surface area contributed by atoms with E-state index in [-0.39, 0.29) is 29.9 Å². The maximum atomic E-state index is 12.6. The monoisotopic (exact) mass is 556 g/mol. The number of anilines is 1. The van der Waals surface area contributed by atoms with Crippen LogP contribution in [-0.2, 0) is 4.79 Å². The smallest absolute Gasteiger partial charge is 0.224 e. The Hall–Kier alpha value is -1.55. The highest BCUT2D eigenvalue weighted by Crippen LogP contribution is 2.16. The molecule has 1 aromatic carbocycles. The first-order chi connectivity index (χ1) is 15.2. The Morgan fingerprint density at radius 3 is 2.44 bits per heavy atom. The Bertz CT molecular complexity index is 693. The SMILES string of the molecule is CN=C(NCCCN1CCCCC1C)NCCC(=O)N1CCN(c2ccccc2)CC1.I. The third kappa shape index (κ3) is 8.42. The van der Waals surface area contributed by atoms with Gasteiger partial charge in [-0.15, -0.1) is 24.0 Å². The first-order valence-electron chi connectivity index (χ1n) is 11.9. The van der Waals surface area contributed by atoms with Crippen LogP contribution in [0, 0.1) is 0 Å². The van der Waals surface area contributed by atoms with Crippen LogP contribution < -0.4 is 15.5 Å². The molecule has 0 radical (unpaired) electrons. The van der Waals surface area contributed by atoms with Gasteiger partial charge in [0.1, 0.15) is 0 Å². The predicted octanol–water partition coefficient (Wildman–Crippen LogP) is 2.77. The Morgan fingerprint density at radius 2 is 1.75 bits per heavy atom. The van der Waals surface area contributed by atoms with Crippen LogP contribution in [0.1, 0.15) is 39.0 Å². The molecular formula is C24H41IN6O. The molecule has 1 unspecified atom stereocenters. The van der Waals surface area contributed by atoms with Crippen molar-refractivity contribution in [2.75, 3.05) is 64.3 Å². The lowest BCUT2D eigenvalue weighted by Crippen LogP contribution is -2.49. The number of likely N-dealkylation sites (tertiary alicyclic amines) is 1. The summed E-state index contributed by atoms with van der Waals surface area (Å²) in [5, 5.41) is 6.67. The van der Waals surface area contributed by atoms with Crippen molar-refractivity contribution in [2.24, 2.45) is 4.99 Å². The number of benzene rings is 1. The van der Waals surface area contributed by atoms with Crippen molar-refractivity contribution in [2.45, 2.75) is 45.1 Å². The van der Waals surface area contributed by atoms with Gasteiger partial charge in [0.25, 0.3) is 0 Å². The molecule has 2 N–H and O–H groups in total. The van der Waals surface area contributed by atoms with Gasteiger partial charge in [-0.25, -0.2) is 0 Å². The van der Waals surface area contributed by atoms with Gasteiger partial charge in [0.15, 0.2) is 5.96 Å². The topological polar surface area (TPSA) is 63.2 Å². The minimum atomic E-state index is 0. The van der Waals surface area contributed by atoms with E-state index < -0.39 is 0 Å². The highest BCUT2D eigenvalue weighted by molar-refractivity contribution is 14.0. The minimum Gasteiger partial charge on any atom is -0.368 e. The second-order valence-corrected chi connectivity index (χ2v) is 8.61. The van der Waals surface area contributed by atoms with Crippen LogP contribution in [0.3, 0.4) is 0 Å². The highest BCUT2D eigenvalue weighted by atomic mass is 127. The van der Waals surface area contributed by atoms with E-state index in [1.165, 1.54) is 31.5 Å². The van der Waals surface area contributed by atoms with Crippen molar-refractivity contribution in [3.63, 3.8) is 0 Å². The summed E-state index contributed by atoms with van der Waals surface area (Å²) >= 11 is 0. The number of hydrogen-bond donors (Lipinski definition) is 2. The zero-order valence-corrected chi connectivity index (χ0v) is 22.1. The first-order valence-corrected chi connectivity index (χ1v) is 11.9. The van der Waals surface area contributed by atoms with Crippen molar-refractivity contribution < 1.29 is 4.79 Å². The fourth-order valence-corrected chi connectivity index (χ4v) is 4.50. The molecule has 1 atom stereocenters. The molecule has 3 rings (SSSR count). The van der Waals surface area contributed by atoms with Crippen LogP contribution in [0.5, 0.6) is 0 Å². The van der Waals surface area contributed by atoms with Gasteiger partial charge < -0.3 is 25.3 Å². The van der Waals surface area contributed by atoms with E-state index >= 15 is 0 Å². The number of para-hydroxylation sites is 1. The van der Waals surface area contributed by atoms with Gasteiger partial charge in [-0.05, 0) is 44.9 Å². The number of halogens is 1. The molecule has 2 aliphatic heterocycles. The Morgan fingerprint density at radius 1 is 1.03 bits per heavy atom. The third-order valence-electron chi connectivity index (χ3n) is 6.46. The summed E-state index contributed by atoms with van der Waals surface area (Å²) in [6.45, 7) is 9.58. The maximum Gasteiger partial charge on any atom is 0.224 e. The second kappa shape index (κ2) is 14.6. The molecule has 2 heterocycles. The fraction of sp³-hybridized carbons (Fsp3) is 0.667. The Labute approximate surface area is 211 Å². The molecule has 0 saturated carbocycles. The summed E-state index contributed by atoms with van der Waals surface area (Å²) in [7, 11) is 1.78. The van der Waals surface area contributed by atoms with Crippen molar-refractivity contribution in [3.05, 3.63) is 30.3 Å². The molecule has 0 spiro atoms. The summed E-state index contributed by atoms with van der Waals surface area (Å²) in [5.41, 5.74) is 1.24. The number of nitrogens with one attached hydrogen (secondary N) is 2. The maximum absolute atomic E-state index is 12.6. The van der Waals surface area contributed by atoms with Gasteiger partial charge in [-0.2, -0.15) is 0 Å². The predicted molar refractivity (Wildman–Crippen MR) is 144 cm³/mol. The lowest BCUT2D eigenvalue weighted by Gasteiger charge is -2.36. The van der Waals surface area contributed by atoms with Gasteiger partial charge >= 0.3 is 0 Å². The van der Waals surface area contributed by atoms with Crippen LogP contribution in [-0.4, -0.2) is 87.1 Å². The molecule has 2 aliphatic rings. The Balaban J connectivity index is 0.00000363. The summed E-state index contributed by atoms with van der Waals surface area (Å²) in [6.07, 6.45) is 5.63. The molecule has 2 saturated heterocycles. The molecule has 0 bridgehead atoms. The summed E-state index contributed by atoms with van der Waals surface area (Å²) in [6, 6.07) is 11.1. The second-order valence-electron chi connectivity index (χ2n) is 8.61. The molecule has 32 heavy (non-hydrogen) atoms. The molecule has 8 heteroatoms.